The molecule has 4 aromatic rings. The molecule has 0 atom stereocenters. The fourth-order valence-corrected chi connectivity index (χ4v) is 5.33. The Morgan fingerprint density at radius 2 is 1.70 bits per heavy atom. The summed E-state index contributed by atoms with van der Waals surface area (Å²) in [7, 11) is 0. The van der Waals surface area contributed by atoms with Crippen molar-refractivity contribution in [1.82, 2.24) is 9.88 Å². The van der Waals surface area contributed by atoms with Crippen molar-refractivity contribution in [3.8, 4) is 23.0 Å². The zero-order chi connectivity index (χ0) is 24.2. The molecule has 0 bridgehead atoms. The van der Waals surface area contributed by atoms with Gasteiger partial charge in [0.05, 0.1) is 19.8 Å². The smallest absolute Gasteiger partial charge is 0.227 e. The summed E-state index contributed by atoms with van der Waals surface area (Å²) in [6, 6.07) is 18.4. The minimum atomic E-state index is 0. The zero-order valence-electron chi connectivity index (χ0n) is 21.2. The summed E-state index contributed by atoms with van der Waals surface area (Å²) in [5.41, 5.74) is 2.58. The van der Waals surface area contributed by atoms with Crippen molar-refractivity contribution < 1.29 is 18.6 Å². The molecule has 1 saturated heterocycles. The molecule has 0 N–H and O–H groups in total. The Labute approximate surface area is 224 Å². The highest BCUT2D eigenvalue weighted by molar-refractivity contribution is 5.96. The van der Waals surface area contributed by atoms with Crippen molar-refractivity contribution >= 4 is 34.3 Å². The van der Waals surface area contributed by atoms with Gasteiger partial charge in [0, 0.05) is 31.3 Å². The standard InChI is InChI=1S/C30H34N2O4.ClH/c1-2-5-22(6-3-1)21-35-25-10-12-28-29(20-25)36-30(31-28)27-8-4-7-23-19-24(9-11-26(23)27)34-18-15-32-13-16-33-17-14-32;/h4,7-12,19-20,22H,1-3,5-6,13-18,21H2;1H. The number of rotatable bonds is 8. The molecule has 196 valence electrons. The van der Waals surface area contributed by atoms with E-state index in [1.165, 1.54) is 32.1 Å². The van der Waals surface area contributed by atoms with E-state index in [0.717, 1.165) is 78.4 Å². The summed E-state index contributed by atoms with van der Waals surface area (Å²) < 4.78 is 23.8. The number of benzene rings is 3. The predicted octanol–water partition coefficient (Wildman–Crippen LogP) is 6.74. The van der Waals surface area contributed by atoms with Crippen molar-refractivity contribution in [1.29, 1.82) is 0 Å². The van der Waals surface area contributed by atoms with E-state index in [1.54, 1.807) is 0 Å². The van der Waals surface area contributed by atoms with Gasteiger partial charge >= 0.3 is 0 Å². The van der Waals surface area contributed by atoms with Gasteiger partial charge in [-0.25, -0.2) is 4.98 Å². The third kappa shape index (κ3) is 6.20. The molecule has 1 aromatic heterocycles. The second-order valence-electron chi connectivity index (χ2n) is 9.95. The van der Waals surface area contributed by atoms with Crippen molar-refractivity contribution in [2.75, 3.05) is 46.1 Å². The Morgan fingerprint density at radius 3 is 2.57 bits per heavy atom. The molecule has 1 saturated carbocycles. The number of oxazole rings is 1. The normalized spacial score (nSPS) is 17.1. The van der Waals surface area contributed by atoms with Crippen LogP contribution in [0.25, 0.3) is 33.3 Å². The number of halogens is 1. The van der Waals surface area contributed by atoms with E-state index >= 15 is 0 Å². The SMILES string of the molecule is Cl.c1cc(-c2nc3ccc(OCC4CCCCC4)cc3o2)c2ccc(OCCN3CCOCC3)cc2c1. The number of morpholine rings is 1. The van der Waals surface area contributed by atoms with Crippen molar-refractivity contribution in [3.05, 3.63) is 54.6 Å². The first-order chi connectivity index (χ1) is 17.8. The largest absolute Gasteiger partial charge is 0.493 e. The van der Waals surface area contributed by atoms with Gasteiger partial charge in [0.1, 0.15) is 23.6 Å². The third-order valence-electron chi connectivity index (χ3n) is 7.43. The molecule has 1 aliphatic carbocycles. The molecule has 7 heteroatoms. The van der Waals surface area contributed by atoms with E-state index in [1.807, 2.05) is 30.3 Å². The van der Waals surface area contributed by atoms with Crippen LogP contribution in [-0.2, 0) is 4.74 Å². The van der Waals surface area contributed by atoms with Gasteiger partial charge in [-0.3, -0.25) is 4.90 Å². The molecule has 1 aliphatic heterocycles. The minimum Gasteiger partial charge on any atom is -0.493 e. The quantitative estimate of drug-likeness (QED) is 0.255. The van der Waals surface area contributed by atoms with Crippen LogP contribution in [0.5, 0.6) is 11.5 Å². The number of hydrogen-bond donors (Lipinski definition) is 0. The molecule has 2 fully saturated rings. The van der Waals surface area contributed by atoms with Crippen molar-refractivity contribution in [3.63, 3.8) is 0 Å². The van der Waals surface area contributed by atoms with Crippen LogP contribution in [0.4, 0.5) is 0 Å². The van der Waals surface area contributed by atoms with E-state index < -0.39 is 0 Å². The first-order valence-electron chi connectivity index (χ1n) is 13.3. The number of fused-ring (bicyclic) bond motifs is 2. The maximum Gasteiger partial charge on any atom is 0.227 e. The van der Waals surface area contributed by atoms with Gasteiger partial charge in [-0.05, 0) is 65.9 Å². The number of aromatic nitrogens is 1. The second kappa shape index (κ2) is 12.2. The van der Waals surface area contributed by atoms with Crippen LogP contribution in [0, 0.1) is 5.92 Å². The first kappa shape index (κ1) is 25.8. The lowest BCUT2D eigenvalue weighted by Gasteiger charge is -2.26. The van der Waals surface area contributed by atoms with Crippen molar-refractivity contribution in [2.45, 2.75) is 32.1 Å². The number of nitrogens with zero attached hydrogens (tertiary/aromatic N) is 2. The minimum absolute atomic E-state index is 0. The Bertz CT molecular complexity index is 1310. The molecule has 6 nitrogen and oxygen atoms in total. The summed E-state index contributed by atoms with van der Waals surface area (Å²) in [5, 5.41) is 2.20. The Kier molecular flexibility index (Phi) is 8.49. The first-order valence-corrected chi connectivity index (χ1v) is 13.3. The molecule has 2 heterocycles. The number of ether oxygens (including phenoxy) is 3. The molecule has 0 amide bonds. The van der Waals surface area contributed by atoms with Gasteiger partial charge in [-0.1, -0.05) is 31.4 Å². The van der Waals surface area contributed by atoms with E-state index in [0.29, 0.717) is 18.4 Å². The monoisotopic (exact) mass is 522 g/mol. The van der Waals surface area contributed by atoms with E-state index in [2.05, 4.69) is 29.2 Å². The topological polar surface area (TPSA) is 57.0 Å². The summed E-state index contributed by atoms with van der Waals surface area (Å²) in [6.07, 6.45) is 6.56. The van der Waals surface area contributed by atoms with Gasteiger partial charge in [0.15, 0.2) is 5.58 Å². The lowest BCUT2D eigenvalue weighted by molar-refractivity contribution is 0.0322. The fraction of sp³-hybridized carbons (Fsp3) is 0.433. The average molecular weight is 523 g/mol. The molecule has 0 unspecified atom stereocenters. The summed E-state index contributed by atoms with van der Waals surface area (Å²) in [5.74, 6) is 3.03. The van der Waals surface area contributed by atoms with Crippen LogP contribution < -0.4 is 9.47 Å². The van der Waals surface area contributed by atoms with Gasteiger partial charge in [0.25, 0.3) is 0 Å². The van der Waals surface area contributed by atoms with Crippen LogP contribution in [0.2, 0.25) is 0 Å². The summed E-state index contributed by atoms with van der Waals surface area (Å²) in [4.78, 5) is 7.16. The van der Waals surface area contributed by atoms with E-state index in [9.17, 15) is 0 Å². The number of hydrogen-bond acceptors (Lipinski definition) is 6. The van der Waals surface area contributed by atoms with Crippen LogP contribution in [-0.4, -0.2) is 55.9 Å². The molecule has 0 spiro atoms. The molecular formula is C30H35ClN2O4. The Morgan fingerprint density at radius 1 is 0.892 bits per heavy atom. The molecule has 6 rings (SSSR count). The van der Waals surface area contributed by atoms with E-state index in [-0.39, 0.29) is 12.4 Å². The van der Waals surface area contributed by atoms with Crippen molar-refractivity contribution in [2.24, 2.45) is 5.92 Å². The highest BCUT2D eigenvalue weighted by Crippen LogP contribution is 2.33. The molecule has 3 aromatic carbocycles. The Hall–Kier alpha value is -2.80. The van der Waals surface area contributed by atoms with E-state index in [4.69, 9.17) is 23.6 Å². The van der Waals surface area contributed by atoms with Gasteiger partial charge in [0.2, 0.25) is 5.89 Å². The van der Waals surface area contributed by atoms with Crippen LogP contribution >= 0.6 is 12.4 Å². The molecular weight excluding hydrogens is 488 g/mol. The lowest BCUT2D eigenvalue weighted by Crippen LogP contribution is -2.38. The van der Waals surface area contributed by atoms with Gasteiger partial charge in [-0.2, -0.15) is 0 Å². The molecule has 0 radical (unpaired) electrons. The zero-order valence-corrected chi connectivity index (χ0v) is 22.0. The third-order valence-corrected chi connectivity index (χ3v) is 7.43. The van der Waals surface area contributed by atoms with Gasteiger partial charge < -0.3 is 18.6 Å². The Balaban J connectivity index is 0.00000280. The fourth-order valence-electron chi connectivity index (χ4n) is 5.33. The highest BCUT2D eigenvalue weighted by atomic mass is 35.5. The van der Waals surface area contributed by atoms with Gasteiger partial charge in [-0.15, -0.1) is 12.4 Å². The maximum absolute atomic E-state index is 6.22. The lowest BCUT2D eigenvalue weighted by atomic mass is 9.90. The highest BCUT2D eigenvalue weighted by Gasteiger charge is 2.16. The molecule has 2 aliphatic rings. The van der Waals surface area contributed by atoms with Crippen LogP contribution in [0.1, 0.15) is 32.1 Å². The van der Waals surface area contributed by atoms with Crippen LogP contribution in [0.15, 0.2) is 59.0 Å². The molecule has 37 heavy (non-hydrogen) atoms. The summed E-state index contributed by atoms with van der Waals surface area (Å²) in [6.45, 7) is 5.93. The second-order valence-corrected chi connectivity index (χ2v) is 9.95. The predicted molar refractivity (Wildman–Crippen MR) is 149 cm³/mol. The van der Waals surface area contributed by atoms with Crippen LogP contribution in [0.3, 0.4) is 0 Å². The average Bonchev–Trinajstić information content (AvgIpc) is 3.36. The maximum atomic E-state index is 6.22. The summed E-state index contributed by atoms with van der Waals surface area (Å²) >= 11 is 0.